The number of amides is 1. The first-order chi connectivity index (χ1) is 9.10. The van der Waals surface area contributed by atoms with E-state index in [9.17, 15) is 4.79 Å². The maximum Gasteiger partial charge on any atom is 0.251 e. The van der Waals surface area contributed by atoms with Crippen LogP contribution < -0.4 is 5.32 Å². The van der Waals surface area contributed by atoms with E-state index in [1.54, 1.807) is 35.6 Å². The first-order valence-electron chi connectivity index (χ1n) is 5.94. The third kappa shape index (κ3) is 3.21. The van der Waals surface area contributed by atoms with Crippen molar-refractivity contribution in [2.75, 3.05) is 0 Å². The molecule has 0 spiro atoms. The molecule has 1 aromatic carbocycles. The summed E-state index contributed by atoms with van der Waals surface area (Å²) < 4.78 is 0. The van der Waals surface area contributed by atoms with Crippen molar-refractivity contribution in [1.82, 2.24) is 5.32 Å². The highest BCUT2D eigenvalue weighted by molar-refractivity contribution is 7.12. The van der Waals surface area contributed by atoms with Gasteiger partial charge in [0.05, 0.1) is 18.2 Å². The molecule has 3 nitrogen and oxygen atoms in total. The van der Waals surface area contributed by atoms with Crippen molar-refractivity contribution in [3.63, 3.8) is 0 Å². The summed E-state index contributed by atoms with van der Waals surface area (Å²) in [7, 11) is 0. The summed E-state index contributed by atoms with van der Waals surface area (Å²) in [5, 5.41) is 11.6. The lowest BCUT2D eigenvalue weighted by atomic mass is 10.1. The Kier molecular flexibility index (Phi) is 3.98. The van der Waals surface area contributed by atoms with E-state index in [1.807, 2.05) is 6.07 Å². The fourth-order valence-electron chi connectivity index (χ4n) is 1.70. The zero-order valence-corrected chi connectivity index (χ0v) is 11.7. The quantitative estimate of drug-likeness (QED) is 0.931. The molecule has 4 heteroatoms. The van der Waals surface area contributed by atoms with Gasteiger partial charge in [0.2, 0.25) is 0 Å². The largest absolute Gasteiger partial charge is 0.347 e. The van der Waals surface area contributed by atoms with Crippen LogP contribution in [-0.2, 0) is 6.54 Å². The molecule has 19 heavy (non-hydrogen) atoms. The predicted molar refractivity (Wildman–Crippen MR) is 76.1 cm³/mol. The molecule has 1 aromatic heterocycles. The number of carbonyl (C=O) groups is 1. The molecule has 0 fully saturated rings. The summed E-state index contributed by atoms with van der Waals surface area (Å²) in [6.45, 7) is 4.68. The number of nitrogens with one attached hydrogen (secondary N) is 1. The summed E-state index contributed by atoms with van der Waals surface area (Å²) in [5.74, 6) is -0.117. The summed E-state index contributed by atoms with van der Waals surface area (Å²) >= 11 is 1.70. The van der Waals surface area contributed by atoms with Crippen LogP contribution in [0, 0.1) is 25.2 Å². The van der Waals surface area contributed by atoms with Crippen LogP contribution in [0.3, 0.4) is 0 Å². The molecule has 0 aliphatic carbocycles. The van der Waals surface area contributed by atoms with Crippen LogP contribution in [0.25, 0.3) is 0 Å². The molecule has 0 radical (unpaired) electrons. The third-order valence-corrected chi connectivity index (χ3v) is 4.07. The van der Waals surface area contributed by atoms with Gasteiger partial charge in [0.15, 0.2) is 0 Å². The number of aryl methyl sites for hydroxylation is 2. The van der Waals surface area contributed by atoms with Gasteiger partial charge in [-0.05, 0) is 49.7 Å². The van der Waals surface area contributed by atoms with E-state index in [0.717, 1.165) is 4.88 Å². The molecule has 0 saturated carbocycles. The lowest BCUT2D eigenvalue weighted by molar-refractivity contribution is 0.0951. The molecule has 0 aliphatic heterocycles. The van der Waals surface area contributed by atoms with E-state index in [2.05, 4.69) is 25.2 Å². The minimum atomic E-state index is -0.117. The summed E-state index contributed by atoms with van der Waals surface area (Å²) in [5.41, 5.74) is 2.39. The molecule has 0 bridgehead atoms. The number of benzene rings is 1. The van der Waals surface area contributed by atoms with Crippen molar-refractivity contribution in [3.05, 3.63) is 56.8 Å². The second-order valence-corrected chi connectivity index (χ2v) is 5.66. The van der Waals surface area contributed by atoms with Crippen molar-refractivity contribution < 1.29 is 4.79 Å². The summed E-state index contributed by atoms with van der Waals surface area (Å²) in [6, 6.07) is 10.8. The molecular weight excluding hydrogens is 256 g/mol. The number of hydrogen-bond donors (Lipinski definition) is 1. The first kappa shape index (κ1) is 13.3. The van der Waals surface area contributed by atoms with Crippen molar-refractivity contribution in [2.24, 2.45) is 0 Å². The minimum absolute atomic E-state index is 0.117. The minimum Gasteiger partial charge on any atom is -0.347 e. The molecule has 1 N–H and O–H groups in total. The Hall–Kier alpha value is -2.12. The molecule has 0 unspecified atom stereocenters. The SMILES string of the molecule is Cc1cc(CNC(=O)c2ccc(C#N)cc2)sc1C. The molecule has 96 valence electrons. The Balaban J connectivity index is 1.99. The molecule has 2 aromatic rings. The topological polar surface area (TPSA) is 52.9 Å². The van der Waals surface area contributed by atoms with E-state index in [4.69, 9.17) is 5.26 Å². The number of hydrogen-bond acceptors (Lipinski definition) is 3. The Morgan fingerprint density at radius 3 is 2.53 bits per heavy atom. The lowest BCUT2D eigenvalue weighted by Crippen LogP contribution is -2.22. The van der Waals surface area contributed by atoms with E-state index < -0.39 is 0 Å². The highest BCUT2D eigenvalue weighted by Gasteiger charge is 2.07. The average molecular weight is 270 g/mol. The second kappa shape index (κ2) is 5.68. The fourth-order valence-corrected chi connectivity index (χ4v) is 2.70. The second-order valence-electron chi connectivity index (χ2n) is 4.32. The number of rotatable bonds is 3. The Morgan fingerprint density at radius 1 is 1.32 bits per heavy atom. The van der Waals surface area contributed by atoms with Gasteiger partial charge in [0.1, 0.15) is 0 Å². The predicted octanol–water partition coefficient (Wildman–Crippen LogP) is 3.17. The highest BCUT2D eigenvalue weighted by Crippen LogP contribution is 2.20. The van der Waals surface area contributed by atoms with E-state index >= 15 is 0 Å². The fraction of sp³-hybridized carbons (Fsp3) is 0.200. The van der Waals surface area contributed by atoms with Crippen molar-refractivity contribution in [1.29, 1.82) is 5.26 Å². The van der Waals surface area contributed by atoms with Gasteiger partial charge in [-0.1, -0.05) is 0 Å². The van der Waals surface area contributed by atoms with Gasteiger partial charge in [-0.3, -0.25) is 4.79 Å². The Bertz CT molecular complexity index is 616. The monoisotopic (exact) mass is 270 g/mol. The van der Waals surface area contributed by atoms with Gasteiger partial charge >= 0.3 is 0 Å². The van der Waals surface area contributed by atoms with Crippen LogP contribution in [-0.4, -0.2) is 5.91 Å². The zero-order valence-electron chi connectivity index (χ0n) is 10.9. The third-order valence-electron chi connectivity index (χ3n) is 2.92. The zero-order chi connectivity index (χ0) is 13.8. The number of carbonyl (C=O) groups excluding carboxylic acids is 1. The Labute approximate surface area is 116 Å². The number of thiophene rings is 1. The van der Waals surface area contributed by atoms with Crippen LogP contribution in [0.4, 0.5) is 0 Å². The van der Waals surface area contributed by atoms with E-state index in [0.29, 0.717) is 17.7 Å². The van der Waals surface area contributed by atoms with E-state index in [1.165, 1.54) is 10.4 Å². The van der Waals surface area contributed by atoms with Gasteiger partial charge < -0.3 is 5.32 Å². The van der Waals surface area contributed by atoms with Gasteiger partial charge in [-0.15, -0.1) is 11.3 Å². The first-order valence-corrected chi connectivity index (χ1v) is 6.76. The molecule has 1 amide bonds. The molecular formula is C15H14N2OS. The molecule has 1 heterocycles. The van der Waals surface area contributed by atoms with Gasteiger partial charge in [-0.25, -0.2) is 0 Å². The smallest absolute Gasteiger partial charge is 0.251 e. The van der Waals surface area contributed by atoms with Crippen molar-refractivity contribution in [2.45, 2.75) is 20.4 Å². The van der Waals surface area contributed by atoms with Crippen LogP contribution >= 0.6 is 11.3 Å². The van der Waals surface area contributed by atoms with Crippen molar-refractivity contribution >= 4 is 17.2 Å². The number of nitriles is 1. The molecule has 0 aliphatic rings. The van der Waals surface area contributed by atoms with Crippen LogP contribution in [0.5, 0.6) is 0 Å². The maximum absolute atomic E-state index is 11.9. The normalized spacial score (nSPS) is 9.95. The number of nitrogens with zero attached hydrogens (tertiary/aromatic N) is 1. The average Bonchev–Trinajstić information content (AvgIpc) is 2.75. The standard InChI is InChI=1S/C15H14N2OS/c1-10-7-14(19-11(10)2)9-17-15(18)13-5-3-12(8-16)4-6-13/h3-7H,9H2,1-2H3,(H,17,18). The summed E-state index contributed by atoms with van der Waals surface area (Å²) in [4.78, 5) is 14.4. The highest BCUT2D eigenvalue weighted by atomic mass is 32.1. The van der Waals surface area contributed by atoms with Crippen LogP contribution in [0.2, 0.25) is 0 Å². The van der Waals surface area contributed by atoms with Gasteiger partial charge in [-0.2, -0.15) is 5.26 Å². The Morgan fingerprint density at radius 2 is 2.00 bits per heavy atom. The van der Waals surface area contributed by atoms with Gasteiger partial charge in [0.25, 0.3) is 5.91 Å². The van der Waals surface area contributed by atoms with E-state index in [-0.39, 0.29) is 5.91 Å². The lowest BCUT2D eigenvalue weighted by Gasteiger charge is -2.03. The van der Waals surface area contributed by atoms with Crippen molar-refractivity contribution in [3.8, 4) is 6.07 Å². The molecule has 0 atom stereocenters. The summed E-state index contributed by atoms with van der Waals surface area (Å²) in [6.07, 6.45) is 0. The van der Waals surface area contributed by atoms with Crippen LogP contribution in [0.15, 0.2) is 30.3 Å². The molecule has 2 rings (SSSR count). The van der Waals surface area contributed by atoms with Crippen LogP contribution in [0.1, 0.15) is 31.2 Å². The maximum atomic E-state index is 11.9. The van der Waals surface area contributed by atoms with Gasteiger partial charge in [0, 0.05) is 15.3 Å². The molecule has 0 saturated heterocycles.